The van der Waals surface area contributed by atoms with Crippen LogP contribution in [0.5, 0.6) is 5.75 Å². The van der Waals surface area contributed by atoms with Crippen LogP contribution in [-0.4, -0.2) is 34.1 Å². The lowest BCUT2D eigenvalue weighted by molar-refractivity contribution is 0.0349. The Balaban J connectivity index is 1.34. The molecule has 0 amide bonds. The first kappa shape index (κ1) is 32.0. The fourth-order valence-corrected chi connectivity index (χ4v) is 7.02. The molecule has 5 rings (SSSR count). The summed E-state index contributed by atoms with van der Waals surface area (Å²) < 4.78 is 51.2. The van der Waals surface area contributed by atoms with E-state index in [9.17, 15) is 12.8 Å². The van der Waals surface area contributed by atoms with Crippen LogP contribution in [0, 0.1) is 5.82 Å². The maximum Gasteiger partial charge on any atom is 0.179 e. The summed E-state index contributed by atoms with van der Waals surface area (Å²) in [6.45, 7) is 7.08. The van der Waals surface area contributed by atoms with Crippen LogP contribution in [0.3, 0.4) is 0 Å². The molecule has 0 aliphatic carbocycles. The average Bonchev–Trinajstić information content (AvgIpc) is 3.49. The molecule has 8 nitrogen and oxygen atoms in total. The largest absolute Gasteiger partial charge is 0.488 e. The molecule has 2 aromatic heterocycles. The number of fused-ring (bicyclic) bond motifs is 1. The third-order valence-corrected chi connectivity index (χ3v) is 11.0. The Kier molecular flexibility index (Phi) is 9.94. The Morgan fingerprint density at radius 1 is 1.05 bits per heavy atom. The molecule has 2 unspecified atom stereocenters. The van der Waals surface area contributed by atoms with E-state index in [2.05, 4.69) is 31.2 Å². The molecular weight excluding hydrogens is 667 g/mol. The Labute approximate surface area is 268 Å². The summed E-state index contributed by atoms with van der Waals surface area (Å²) >= 11 is 5.01. The number of thiazole rings is 1. The number of hydrogen-bond acceptors (Lipinski definition) is 9. The van der Waals surface area contributed by atoms with Gasteiger partial charge in [-0.25, -0.2) is 27.8 Å². The highest BCUT2D eigenvalue weighted by Crippen LogP contribution is 2.35. The van der Waals surface area contributed by atoms with E-state index in [1.54, 1.807) is 26.8 Å². The number of nitrogens with one attached hydrogen (secondary N) is 1. The van der Waals surface area contributed by atoms with Crippen molar-refractivity contribution in [2.45, 2.75) is 57.5 Å². The molecule has 3 aromatic carbocycles. The van der Waals surface area contributed by atoms with Gasteiger partial charge in [0.25, 0.3) is 0 Å². The van der Waals surface area contributed by atoms with E-state index in [-0.39, 0.29) is 12.4 Å². The van der Waals surface area contributed by atoms with Crippen molar-refractivity contribution in [3.63, 3.8) is 0 Å². The fraction of sp³-hybridized carbons (Fsp3) is 0.281. The number of hydrogen-bond donors (Lipinski definition) is 1. The van der Waals surface area contributed by atoms with E-state index in [1.807, 2.05) is 54.8 Å². The Morgan fingerprint density at radius 2 is 1.86 bits per heavy atom. The minimum atomic E-state index is -3.40. The van der Waals surface area contributed by atoms with Gasteiger partial charge in [0, 0.05) is 22.0 Å². The average molecular weight is 700 g/mol. The molecule has 0 spiro atoms. The maximum atomic E-state index is 13.5. The third-order valence-electron chi connectivity index (χ3n) is 7.05. The number of aromatic nitrogens is 3. The number of rotatable bonds is 12. The number of benzene rings is 3. The van der Waals surface area contributed by atoms with Crippen LogP contribution in [0.1, 0.15) is 50.8 Å². The number of nitrogens with zero attached hydrogens (tertiary/aromatic N) is 3. The van der Waals surface area contributed by atoms with Gasteiger partial charge in [-0.05, 0) is 91.1 Å². The molecule has 2 heterocycles. The molecule has 0 saturated heterocycles. The van der Waals surface area contributed by atoms with Crippen molar-refractivity contribution >= 4 is 59.5 Å². The lowest BCUT2D eigenvalue weighted by Crippen LogP contribution is -2.29. The van der Waals surface area contributed by atoms with Crippen LogP contribution >= 0.6 is 27.3 Å². The quantitative estimate of drug-likeness (QED) is 0.138. The summed E-state index contributed by atoms with van der Waals surface area (Å²) in [5.41, 5.74) is 2.98. The second-order valence-electron chi connectivity index (χ2n) is 10.5. The van der Waals surface area contributed by atoms with Gasteiger partial charge in [-0.3, -0.25) is 0 Å². The minimum absolute atomic E-state index is 0.238. The van der Waals surface area contributed by atoms with Crippen molar-refractivity contribution in [2.75, 3.05) is 5.32 Å². The molecule has 230 valence electrons. The van der Waals surface area contributed by atoms with Gasteiger partial charge in [-0.1, -0.05) is 25.1 Å². The van der Waals surface area contributed by atoms with E-state index in [0.717, 1.165) is 42.9 Å². The zero-order chi connectivity index (χ0) is 31.4. The van der Waals surface area contributed by atoms with Crippen molar-refractivity contribution < 1.29 is 22.3 Å². The third kappa shape index (κ3) is 7.26. The first-order valence-corrected chi connectivity index (χ1v) is 17.4. The van der Waals surface area contributed by atoms with E-state index < -0.39 is 26.6 Å². The molecule has 0 bridgehead atoms. The molecule has 12 heteroatoms. The monoisotopic (exact) mass is 698 g/mol. The number of sulfone groups is 1. The van der Waals surface area contributed by atoms with E-state index in [1.165, 1.54) is 29.8 Å². The van der Waals surface area contributed by atoms with Gasteiger partial charge in [0.2, 0.25) is 0 Å². The number of ether oxygens (including phenoxy) is 2. The topological polar surface area (TPSA) is 103 Å². The molecule has 0 saturated carbocycles. The first-order chi connectivity index (χ1) is 21.0. The van der Waals surface area contributed by atoms with Gasteiger partial charge in [0.1, 0.15) is 41.4 Å². The van der Waals surface area contributed by atoms with Crippen molar-refractivity contribution in [3.8, 4) is 17.0 Å². The smallest absolute Gasteiger partial charge is 0.179 e. The van der Waals surface area contributed by atoms with Gasteiger partial charge in [-0.15, -0.1) is 11.3 Å². The molecule has 0 aliphatic heterocycles. The molecule has 0 fully saturated rings. The number of anilines is 2. The van der Waals surface area contributed by atoms with E-state index >= 15 is 0 Å². The van der Waals surface area contributed by atoms with Crippen molar-refractivity contribution in [3.05, 3.63) is 93.2 Å². The Hall–Kier alpha value is -3.45. The van der Waals surface area contributed by atoms with Crippen LogP contribution in [0.2, 0.25) is 0 Å². The summed E-state index contributed by atoms with van der Waals surface area (Å²) in [6, 6.07) is 17.8. The van der Waals surface area contributed by atoms with Gasteiger partial charge >= 0.3 is 0 Å². The van der Waals surface area contributed by atoms with Crippen LogP contribution in [0.25, 0.3) is 22.2 Å². The lowest BCUT2D eigenvalue weighted by Gasteiger charge is -2.21. The predicted molar refractivity (Wildman–Crippen MR) is 176 cm³/mol. The minimum Gasteiger partial charge on any atom is -0.488 e. The van der Waals surface area contributed by atoms with Gasteiger partial charge in [0.15, 0.2) is 15.3 Å². The van der Waals surface area contributed by atoms with Crippen molar-refractivity contribution in [1.29, 1.82) is 0 Å². The highest BCUT2D eigenvalue weighted by molar-refractivity contribution is 9.10. The standard InChI is InChI=1S/C32H32BrFN4O4S2/c1-5-29(42-20(4)44(39,40)19(2)3)32-38-28(17-43-32)22-9-11-27-25(14-22)31(36-18-35-27)37-24-10-12-30(26(33)15-24)41-16-21-7-6-8-23(34)13-21/h6-15,17-20,29H,5,16H2,1-4H3,(H,35,36,37). The van der Waals surface area contributed by atoms with E-state index in [0.29, 0.717) is 18.0 Å². The van der Waals surface area contributed by atoms with Crippen LogP contribution in [0.4, 0.5) is 15.9 Å². The van der Waals surface area contributed by atoms with Gasteiger partial charge < -0.3 is 14.8 Å². The Morgan fingerprint density at radius 3 is 2.59 bits per heavy atom. The summed E-state index contributed by atoms with van der Waals surface area (Å²) in [5.74, 6) is 0.943. The zero-order valence-electron chi connectivity index (χ0n) is 24.6. The van der Waals surface area contributed by atoms with Crippen molar-refractivity contribution in [2.24, 2.45) is 0 Å². The molecule has 0 radical (unpaired) electrons. The highest BCUT2D eigenvalue weighted by atomic mass is 79.9. The summed E-state index contributed by atoms with van der Waals surface area (Å²) in [6.07, 6.45) is 1.67. The SMILES string of the molecule is CCC(OC(C)S(=O)(=O)C(C)C)c1nc(-c2ccc3ncnc(Nc4ccc(OCc5cccc(F)c5)c(Br)c4)c3c2)cs1. The highest BCUT2D eigenvalue weighted by Gasteiger charge is 2.29. The van der Waals surface area contributed by atoms with Gasteiger partial charge in [-0.2, -0.15) is 0 Å². The second kappa shape index (κ2) is 13.7. The summed E-state index contributed by atoms with van der Waals surface area (Å²) in [7, 11) is -3.40. The molecule has 44 heavy (non-hydrogen) atoms. The van der Waals surface area contributed by atoms with Gasteiger partial charge in [0.05, 0.1) is 20.9 Å². The summed E-state index contributed by atoms with van der Waals surface area (Å²) in [4.78, 5) is 13.7. The molecule has 1 N–H and O–H groups in total. The second-order valence-corrected chi connectivity index (χ2v) is 15.0. The molecule has 5 aromatic rings. The van der Waals surface area contributed by atoms with Crippen molar-refractivity contribution in [1.82, 2.24) is 15.0 Å². The van der Waals surface area contributed by atoms with Crippen LogP contribution in [-0.2, 0) is 21.2 Å². The lowest BCUT2D eigenvalue weighted by atomic mass is 10.1. The summed E-state index contributed by atoms with van der Waals surface area (Å²) in [5, 5.41) is 6.32. The van der Waals surface area contributed by atoms with Crippen LogP contribution in [0.15, 0.2) is 76.8 Å². The fourth-order valence-electron chi connectivity index (χ4n) is 4.52. The molecule has 0 aliphatic rings. The normalized spacial score (nSPS) is 13.2. The first-order valence-electron chi connectivity index (χ1n) is 14.1. The molecular formula is C32H32BrFN4O4S2. The Bertz CT molecular complexity index is 1880. The number of halogens is 2. The van der Waals surface area contributed by atoms with Crippen LogP contribution < -0.4 is 10.1 Å². The molecule has 2 atom stereocenters. The zero-order valence-corrected chi connectivity index (χ0v) is 27.8. The predicted octanol–water partition coefficient (Wildman–Crippen LogP) is 8.61. The van der Waals surface area contributed by atoms with E-state index in [4.69, 9.17) is 14.5 Å². The maximum absolute atomic E-state index is 13.5.